The molecule has 3 heterocycles. The summed E-state index contributed by atoms with van der Waals surface area (Å²) >= 11 is 0. The lowest BCUT2D eigenvalue weighted by molar-refractivity contribution is 0.485. The van der Waals surface area contributed by atoms with Gasteiger partial charge in [-0.25, -0.2) is 0 Å². The van der Waals surface area contributed by atoms with E-state index in [-0.39, 0.29) is 0 Å². The number of hydrogen-bond donors (Lipinski definition) is 0. The average molecular weight is 321 g/mol. The zero-order valence-electron chi connectivity index (χ0n) is 13.7. The Hall–Kier alpha value is -2.75. The molecule has 24 heavy (non-hydrogen) atoms. The van der Waals surface area contributed by atoms with Gasteiger partial charge in [-0.15, -0.1) is 10.2 Å². The van der Waals surface area contributed by atoms with E-state index in [0.29, 0.717) is 17.4 Å². The lowest BCUT2D eigenvalue weighted by Gasteiger charge is -2.45. The summed E-state index contributed by atoms with van der Waals surface area (Å²) in [6, 6.07) is 6.37. The summed E-state index contributed by atoms with van der Waals surface area (Å²) in [5.41, 5.74) is 3.07. The number of rotatable bonds is 3. The van der Waals surface area contributed by atoms with Crippen molar-refractivity contribution in [2.75, 3.05) is 29.9 Å². The van der Waals surface area contributed by atoms with Crippen LogP contribution >= 0.6 is 0 Å². The van der Waals surface area contributed by atoms with Crippen LogP contribution < -0.4 is 9.80 Å². The molecule has 0 aromatic carbocycles. The van der Waals surface area contributed by atoms with Crippen molar-refractivity contribution in [2.24, 2.45) is 0 Å². The van der Waals surface area contributed by atoms with E-state index in [9.17, 15) is 5.26 Å². The Kier molecular flexibility index (Phi) is 3.73. The Labute approximate surface area is 140 Å². The van der Waals surface area contributed by atoms with Crippen molar-refractivity contribution in [2.45, 2.75) is 31.7 Å². The first-order valence-corrected chi connectivity index (χ1v) is 8.31. The maximum absolute atomic E-state index is 9.21. The molecule has 1 aliphatic heterocycles. The highest BCUT2D eigenvalue weighted by molar-refractivity contribution is 5.55. The molecule has 2 aliphatic rings. The molecule has 0 spiro atoms. The van der Waals surface area contributed by atoms with E-state index in [2.05, 4.69) is 37.4 Å². The van der Waals surface area contributed by atoms with Gasteiger partial charge in [0.05, 0.1) is 23.5 Å². The maximum atomic E-state index is 9.21. The molecule has 2 aromatic rings. The van der Waals surface area contributed by atoms with Crippen molar-refractivity contribution in [3.63, 3.8) is 0 Å². The number of aromatic nitrogens is 4. The largest absolute Gasteiger partial charge is 0.351 e. The number of fused-ring (bicyclic) bond motifs is 1. The molecule has 1 aliphatic carbocycles. The van der Waals surface area contributed by atoms with Crippen LogP contribution in [-0.4, -0.2) is 46.6 Å². The minimum atomic E-state index is 0.298. The van der Waals surface area contributed by atoms with Crippen molar-refractivity contribution in [3.05, 3.63) is 35.2 Å². The predicted molar refractivity (Wildman–Crippen MR) is 89.8 cm³/mol. The van der Waals surface area contributed by atoms with Crippen LogP contribution in [0.1, 0.15) is 29.7 Å². The maximum Gasteiger partial charge on any atom is 0.169 e. The quantitative estimate of drug-likeness (QED) is 0.843. The van der Waals surface area contributed by atoms with Gasteiger partial charge in [0.2, 0.25) is 0 Å². The van der Waals surface area contributed by atoms with Gasteiger partial charge in [-0.1, -0.05) is 0 Å². The molecule has 1 fully saturated rings. The first-order chi connectivity index (χ1) is 11.8. The van der Waals surface area contributed by atoms with E-state index in [1.165, 1.54) is 18.4 Å². The van der Waals surface area contributed by atoms with E-state index in [1.54, 1.807) is 12.3 Å². The van der Waals surface area contributed by atoms with Crippen molar-refractivity contribution in [3.8, 4) is 6.07 Å². The van der Waals surface area contributed by atoms with Crippen LogP contribution in [-0.2, 0) is 12.8 Å². The zero-order chi connectivity index (χ0) is 16.5. The monoisotopic (exact) mass is 321 g/mol. The second kappa shape index (κ2) is 6.04. The van der Waals surface area contributed by atoms with E-state index in [0.717, 1.165) is 37.4 Å². The van der Waals surface area contributed by atoms with Gasteiger partial charge in [0.1, 0.15) is 6.07 Å². The van der Waals surface area contributed by atoms with E-state index in [4.69, 9.17) is 0 Å². The molecule has 4 rings (SSSR count). The molecule has 7 nitrogen and oxygen atoms in total. The summed E-state index contributed by atoms with van der Waals surface area (Å²) in [5, 5.41) is 26.0. The zero-order valence-corrected chi connectivity index (χ0v) is 13.7. The number of nitriles is 1. The third kappa shape index (κ3) is 2.54. The van der Waals surface area contributed by atoms with Gasteiger partial charge in [-0.05, 0) is 43.4 Å². The van der Waals surface area contributed by atoms with Gasteiger partial charge >= 0.3 is 0 Å². The number of anilines is 2. The summed E-state index contributed by atoms with van der Waals surface area (Å²) in [7, 11) is 1.96. The molecule has 0 radical (unpaired) electrons. The molecule has 0 atom stereocenters. The Bertz CT molecular complexity index is 792. The standard InChI is InChI=1S/C17H19N7/c1-23(17-13(9-18)6-7-19-22-17)14-10-24(11-14)16-8-12-4-2-3-5-15(12)20-21-16/h6-8,14H,2-5,10-11H2,1H3. The van der Waals surface area contributed by atoms with Crippen molar-refractivity contribution >= 4 is 11.6 Å². The van der Waals surface area contributed by atoms with E-state index < -0.39 is 0 Å². The van der Waals surface area contributed by atoms with Crippen molar-refractivity contribution in [1.29, 1.82) is 5.26 Å². The third-order valence-corrected chi connectivity index (χ3v) is 4.95. The minimum absolute atomic E-state index is 0.298. The van der Waals surface area contributed by atoms with Gasteiger partial charge in [0.15, 0.2) is 11.6 Å². The Balaban J connectivity index is 1.45. The first kappa shape index (κ1) is 14.8. The van der Waals surface area contributed by atoms with Crippen LogP contribution in [0.4, 0.5) is 11.6 Å². The summed E-state index contributed by atoms with van der Waals surface area (Å²) in [6.07, 6.45) is 6.17. The molecule has 2 aromatic heterocycles. The lowest BCUT2D eigenvalue weighted by atomic mass is 9.96. The lowest BCUT2D eigenvalue weighted by Crippen LogP contribution is -2.59. The Morgan fingerprint density at radius 1 is 1.21 bits per heavy atom. The fourth-order valence-electron chi connectivity index (χ4n) is 3.37. The van der Waals surface area contributed by atoms with Crippen LogP contribution in [0, 0.1) is 11.3 Å². The predicted octanol–water partition coefficient (Wildman–Crippen LogP) is 1.34. The molecule has 0 amide bonds. The third-order valence-electron chi connectivity index (χ3n) is 4.95. The molecule has 122 valence electrons. The molecule has 1 saturated heterocycles. The molecule has 0 saturated carbocycles. The number of aryl methyl sites for hydroxylation is 2. The second-order valence-electron chi connectivity index (χ2n) is 6.43. The highest BCUT2D eigenvalue weighted by atomic mass is 15.4. The number of nitrogens with zero attached hydrogens (tertiary/aromatic N) is 7. The summed E-state index contributed by atoms with van der Waals surface area (Å²) in [5.74, 6) is 1.60. The Morgan fingerprint density at radius 3 is 2.88 bits per heavy atom. The molecular weight excluding hydrogens is 302 g/mol. The van der Waals surface area contributed by atoms with Crippen molar-refractivity contribution < 1.29 is 0 Å². The van der Waals surface area contributed by atoms with Gasteiger partial charge < -0.3 is 9.80 Å². The van der Waals surface area contributed by atoms with E-state index >= 15 is 0 Å². The number of likely N-dealkylation sites (N-methyl/N-ethyl adjacent to an activating group) is 1. The highest BCUT2D eigenvalue weighted by Gasteiger charge is 2.33. The minimum Gasteiger partial charge on any atom is -0.351 e. The fraction of sp³-hybridized carbons (Fsp3) is 0.471. The van der Waals surface area contributed by atoms with Crippen LogP contribution in [0.2, 0.25) is 0 Å². The number of hydrogen-bond acceptors (Lipinski definition) is 7. The van der Waals surface area contributed by atoms with E-state index in [1.807, 2.05) is 11.9 Å². The molecule has 0 N–H and O–H groups in total. The van der Waals surface area contributed by atoms with Crippen LogP contribution in [0.5, 0.6) is 0 Å². The van der Waals surface area contributed by atoms with Crippen LogP contribution in [0.3, 0.4) is 0 Å². The molecule has 7 heteroatoms. The molecule has 0 bridgehead atoms. The van der Waals surface area contributed by atoms with Gasteiger partial charge in [-0.3, -0.25) is 0 Å². The summed E-state index contributed by atoms with van der Waals surface area (Å²) in [6.45, 7) is 1.71. The first-order valence-electron chi connectivity index (χ1n) is 8.31. The SMILES string of the molecule is CN(c1nnccc1C#N)C1CN(c2cc3c(nn2)CCCC3)C1. The fourth-order valence-corrected chi connectivity index (χ4v) is 3.37. The van der Waals surface area contributed by atoms with Gasteiger partial charge in [-0.2, -0.15) is 15.5 Å². The molecule has 0 unspecified atom stereocenters. The average Bonchev–Trinajstić information content (AvgIpc) is 2.60. The van der Waals surface area contributed by atoms with Crippen molar-refractivity contribution in [1.82, 2.24) is 20.4 Å². The smallest absolute Gasteiger partial charge is 0.169 e. The summed E-state index contributed by atoms with van der Waals surface area (Å²) < 4.78 is 0. The highest BCUT2D eigenvalue weighted by Crippen LogP contribution is 2.27. The summed E-state index contributed by atoms with van der Waals surface area (Å²) in [4.78, 5) is 4.26. The van der Waals surface area contributed by atoms with Crippen LogP contribution in [0.15, 0.2) is 18.3 Å². The van der Waals surface area contributed by atoms with Gasteiger partial charge in [0.25, 0.3) is 0 Å². The normalized spacial score (nSPS) is 16.9. The van der Waals surface area contributed by atoms with Crippen LogP contribution in [0.25, 0.3) is 0 Å². The second-order valence-corrected chi connectivity index (χ2v) is 6.43. The molecular formula is C17H19N7. The topological polar surface area (TPSA) is 81.8 Å². The Morgan fingerprint density at radius 2 is 2.04 bits per heavy atom. The van der Waals surface area contributed by atoms with Gasteiger partial charge in [0, 0.05) is 20.1 Å².